The van der Waals surface area contributed by atoms with Crippen LogP contribution in [0.2, 0.25) is 0 Å². The molecule has 1 N–H and O–H groups in total. The zero-order valence-electron chi connectivity index (χ0n) is 11.5. The van der Waals surface area contributed by atoms with Gasteiger partial charge in [-0.05, 0) is 13.0 Å². The van der Waals surface area contributed by atoms with E-state index >= 15 is 0 Å². The maximum Gasteiger partial charge on any atom is 0.274 e. The molecule has 20 heavy (non-hydrogen) atoms. The van der Waals surface area contributed by atoms with Crippen LogP contribution >= 0.6 is 0 Å². The van der Waals surface area contributed by atoms with Crippen LogP contribution < -0.4 is 5.32 Å². The summed E-state index contributed by atoms with van der Waals surface area (Å²) in [5, 5.41) is 18.5. The molecule has 6 heteroatoms. The monoisotopic (exact) mass is 274 g/mol. The Labute approximate surface area is 117 Å². The molecule has 0 amide bonds. The number of nitrogens with zero attached hydrogens (tertiary/aromatic N) is 3. The molecule has 0 bridgehead atoms. The van der Waals surface area contributed by atoms with Crippen LogP contribution in [0.3, 0.4) is 0 Å². The molecular weight excluding hydrogens is 256 g/mol. The van der Waals surface area contributed by atoms with Gasteiger partial charge in [0.15, 0.2) is 0 Å². The first-order chi connectivity index (χ1) is 9.70. The third kappa shape index (κ3) is 3.64. The quantitative estimate of drug-likeness (QED) is 0.478. The molecule has 0 atom stereocenters. The van der Waals surface area contributed by atoms with E-state index in [0.717, 1.165) is 25.1 Å². The van der Waals surface area contributed by atoms with E-state index in [0.29, 0.717) is 12.1 Å². The molecule has 0 saturated carbocycles. The SMILES string of the molecule is CCCNCc1cnn(Cc2ccccc2[N+](=O)[O-])c1. The largest absolute Gasteiger partial charge is 0.313 e. The normalized spacial score (nSPS) is 10.7. The molecule has 1 aromatic carbocycles. The number of para-hydroxylation sites is 1. The minimum absolute atomic E-state index is 0.133. The Balaban J connectivity index is 2.05. The molecule has 2 rings (SSSR count). The van der Waals surface area contributed by atoms with Gasteiger partial charge in [0.2, 0.25) is 0 Å². The van der Waals surface area contributed by atoms with E-state index in [-0.39, 0.29) is 10.6 Å². The van der Waals surface area contributed by atoms with Crippen molar-refractivity contribution in [1.29, 1.82) is 0 Å². The van der Waals surface area contributed by atoms with E-state index in [1.165, 1.54) is 6.07 Å². The molecular formula is C14H18N4O2. The summed E-state index contributed by atoms with van der Waals surface area (Å²) in [6.07, 6.45) is 4.79. The van der Waals surface area contributed by atoms with Crippen LogP contribution in [0.1, 0.15) is 24.5 Å². The molecule has 1 heterocycles. The van der Waals surface area contributed by atoms with Gasteiger partial charge in [0.25, 0.3) is 5.69 Å². The Morgan fingerprint density at radius 3 is 2.95 bits per heavy atom. The van der Waals surface area contributed by atoms with Crippen LogP contribution in [0.4, 0.5) is 5.69 Å². The molecule has 0 aliphatic heterocycles. The van der Waals surface area contributed by atoms with Crippen LogP contribution in [-0.2, 0) is 13.1 Å². The third-order valence-corrected chi connectivity index (χ3v) is 2.96. The van der Waals surface area contributed by atoms with E-state index in [9.17, 15) is 10.1 Å². The molecule has 106 valence electrons. The summed E-state index contributed by atoms with van der Waals surface area (Å²) in [6.45, 7) is 4.26. The fourth-order valence-electron chi connectivity index (χ4n) is 1.99. The van der Waals surface area contributed by atoms with Crippen LogP contribution in [0.5, 0.6) is 0 Å². The zero-order chi connectivity index (χ0) is 14.4. The maximum absolute atomic E-state index is 11.0. The van der Waals surface area contributed by atoms with Crippen molar-refractivity contribution in [2.45, 2.75) is 26.4 Å². The number of aromatic nitrogens is 2. The Morgan fingerprint density at radius 1 is 1.40 bits per heavy atom. The van der Waals surface area contributed by atoms with Crippen molar-refractivity contribution in [2.24, 2.45) is 0 Å². The van der Waals surface area contributed by atoms with E-state index in [1.807, 2.05) is 6.20 Å². The summed E-state index contributed by atoms with van der Waals surface area (Å²) in [6, 6.07) is 6.75. The van der Waals surface area contributed by atoms with Gasteiger partial charge in [-0.25, -0.2) is 0 Å². The molecule has 0 unspecified atom stereocenters. The second kappa shape index (κ2) is 6.81. The fourth-order valence-corrected chi connectivity index (χ4v) is 1.99. The number of hydrogen-bond acceptors (Lipinski definition) is 4. The summed E-state index contributed by atoms with van der Waals surface area (Å²) >= 11 is 0. The van der Waals surface area contributed by atoms with Crippen LogP contribution in [-0.4, -0.2) is 21.2 Å². The number of benzene rings is 1. The highest BCUT2D eigenvalue weighted by Gasteiger charge is 2.12. The molecule has 6 nitrogen and oxygen atoms in total. The van der Waals surface area contributed by atoms with Gasteiger partial charge < -0.3 is 5.32 Å². The number of nitro groups is 1. The lowest BCUT2D eigenvalue weighted by Crippen LogP contribution is -2.13. The van der Waals surface area contributed by atoms with Gasteiger partial charge >= 0.3 is 0 Å². The summed E-state index contributed by atoms with van der Waals surface area (Å²) in [5.41, 5.74) is 1.87. The van der Waals surface area contributed by atoms with Gasteiger partial charge in [0.05, 0.1) is 23.2 Å². The predicted molar refractivity (Wildman–Crippen MR) is 76.4 cm³/mol. The second-order valence-electron chi connectivity index (χ2n) is 4.61. The minimum Gasteiger partial charge on any atom is -0.313 e. The van der Waals surface area contributed by atoms with Crippen molar-refractivity contribution in [2.75, 3.05) is 6.54 Å². The average molecular weight is 274 g/mol. The third-order valence-electron chi connectivity index (χ3n) is 2.96. The first-order valence-electron chi connectivity index (χ1n) is 6.65. The highest BCUT2D eigenvalue weighted by Crippen LogP contribution is 2.18. The van der Waals surface area contributed by atoms with E-state index in [2.05, 4.69) is 17.3 Å². The smallest absolute Gasteiger partial charge is 0.274 e. The molecule has 0 spiro atoms. The van der Waals surface area contributed by atoms with Crippen LogP contribution in [0, 0.1) is 10.1 Å². The van der Waals surface area contributed by atoms with Crippen LogP contribution in [0.25, 0.3) is 0 Å². The lowest BCUT2D eigenvalue weighted by molar-refractivity contribution is -0.385. The molecule has 0 radical (unpaired) electrons. The Kier molecular flexibility index (Phi) is 4.84. The minimum atomic E-state index is -0.359. The van der Waals surface area contributed by atoms with Crippen molar-refractivity contribution in [3.05, 3.63) is 57.9 Å². The lowest BCUT2D eigenvalue weighted by atomic mass is 10.2. The highest BCUT2D eigenvalue weighted by molar-refractivity contribution is 5.39. The Hall–Kier alpha value is -2.21. The lowest BCUT2D eigenvalue weighted by Gasteiger charge is -2.03. The average Bonchev–Trinajstić information content (AvgIpc) is 2.87. The Morgan fingerprint density at radius 2 is 2.20 bits per heavy atom. The maximum atomic E-state index is 11.0. The first kappa shape index (κ1) is 14.2. The van der Waals surface area contributed by atoms with E-state index in [1.54, 1.807) is 29.1 Å². The van der Waals surface area contributed by atoms with E-state index in [4.69, 9.17) is 0 Å². The molecule has 0 aliphatic carbocycles. The van der Waals surface area contributed by atoms with Gasteiger partial charge in [0, 0.05) is 24.4 Å². The summed E-state index contributed by atoms with van der Waals surface area (Å²) in [7, 11) is 0. The van der Waals surface area contributed by atoms with Crippen molar-refractivity contribution < 1.29 is 4.92 Å². The topological polar surface area (TPSA) is 73.0 Å². The molecule has 1 aromatic heterocycles. The van der Waals surface area contributed by atoms with Gasteiger partial charge in [-0.1, -0.05) is 25.1 Å². The van der Waals surface area contributed by atoms with E-state index < -0.39 is 0 Å². The van der Waals surface area contributed by atoms with Crippen molar-refractivity contribution in [3.8, 4) is 0 Å². The van der Waals surface area contributed by atoms with Crippen molar-refractivity contribution in [3.63, 3.8) is 0 Å². The van der Waals surface area contributed by atoms with Crippen LogP contribution in [0.15, 0.2) is 36.7 Å². The number of nitro benzene ring substituents is 1. The number of hydrogen-bond donors (Lipinski definition) is 1. The molecule has 2 aromatic rings. The van der Waals surface area contributed by atoms with Gasteiger partial charge in [-0.15, -0.1) is 0 Å². The molecule has 0 fully saturated rings. The molecule has 0 saturated heterocycles. The number of rotatable bonds is 7. The first-order valence-corrected chi connectivity index (χ1v) is 6.65. The van der Waals surface area contributed by atoms with Crippen molar-refractivity contribution >= 4 is 5.69 Å². The summed E-state index contributed by atoms with van der Waals surface area (Å²) in [4.78, 5) is 10.6. The predicted octanol–water partition coefficient (Wildman–Crippen LogP) is 2.34. The summed E-state index contributed by atoms with van der Waals surface area (Å²) in [5.74, 6) is 0. The molecule has 0 aliphatic rings. The standard InChI is InChI=1S/C14H18N4O2/c1-2-7-15-8-12-9-16-17(10-12)11-13-5-3-4-6-14(13)18(19)20/h3-6,9-10,15H,2,7-8,11H2,1H3. The zero-order valence-corrected chi connectivity index (χ0v) is 11.5. The Bertz CT molecular complexity index is 580. The van der Waals surface area contributed by atoms with Crippen molar-refractivity contribution in [1.82, 2.24) is 15.1 Å². The second-order valence-corrected chi connectivity index (χ2v) is 4.61. The summed E-state index contributed by atoms with van der Waals surface area (Å²) < 4.78 is 1.73. The van der Waals surface area contributed by atoms with Gasteiger partial charge in [-0.3, -0.25) is 14.8 Å². The highest BCUT2D eigenvalue weighted by atomic mass is 16.6. The number of nitrogens with one attached hydrogen (secondary N) is 1. The fraction of sp³-hybridized carbons (Fsp3) is 0.357. The van der Waals surface area contributed by atoms with Gasteiger partial charge in [-0.2, -0.15) is 5.10 Å². The van der Waals surface area contributed by atoms with Gasteiger partial charge in [0.1, 0.15) is 0 Å².